The zero-order chi connectivity index (χ0) is 24.4. The number of rotatable bonds is 26. The third kappa shape index (κ3) is 24.2. The highest BCUT2D eigenvalue weighted by atomic mass is 32.1. The summed E-state index contributed by atoms with van der Waals surface area (Å²) in [6.45, 7) is 2.28. The number of amides is 1. The molecule has 0 spiro atoms. The Morgan fingerprint density at radius 1 is 0.606 bits per heavy atom. The molecule has 0 bridgehead atoms. The molecular weight excluding hydrogens is 430 g/mol. The zero-order valence-electron chi connectivity index (χ0n) is 21.8. The van der Waals surface area contributed by atoms with Crippen molar-refractivity contribution in [1.29, 1.82) is 0 Å². The molecule has 33 heavy (non-hydrogen) atoms. The Balaban J connectivity index is 3.18. The van der Waals surface area contributed by atoms with Gasteiger partial charge in [0, 0.05) is 12.2 Å². The second-order valence-electron chi connectivity index (χ2n) is 9.82. The quantitative estimate of drug-likeness (QED) is 0.0850. The lowest BCUT2D eigenvalue weighted by molar-refractivity contribution is -0.141. The van der Waals surface area contributed by atoms with E-state index in [9.17, 15) is 9.59 Å². The number of carbonyl (C=O) groups excluding carboxylic acids is 1. The first-order valence-electron chi connectivity index (χ1n) is 14.2. The maximum Gasteiger partial charge on any atom is 0.327 e. The minimum absolute atomic E-state index is 0.125. The number of aliphatic carboxylic acids is 1. The van der Waals surface area contributed by atoms with Crippen LogP contribution in [0.2, 0.25) is 0 Å². The lowest BCUT2D eigenvalue weighted by atomic mass is 10.0. The summed E-state index contributed by atoms with van der Waals surface area (Å²) in [5, 5.41) is 11.4. The molecule has 5 heteroatoms. The van der Waals surface area contributed by atoms with Gasteiger partial charge in [-0.1, -0.05) is 142 Å². The van der Waals surface area contributed by atoms with Gasteiger partial charge in [0.15, 0.2) is 0 Å². The number of carboxylic acids is 1. The predicted molar refractivity (Wildman–Crippen MR) is 145 cm³/mol. The summed E-state index contributed by atoms with van der Waals surface area (Å²) in [5.74, 6) is -1.07. The van der Waals surface area contributed by atoms with Gasteiger partial charge in [-0.05, 0) is 6.42 Å². The molecule has 2 N–H and O–H groups in total. The molecule has 196 valence electrons. The molecule has 0 aliphatic carbocycles. The number of carbonyl (C=O) groups is 2. The fourth-order valence-corrected chi connectivity index (χ4v) is 4.59. The maximum atomic E-state index is 11.7. The van der Waals surface area contributed by atoms with Crippen LogP contribution in [0.3, 0.4) is 0 Å². The van der Waals surface area contributed by atoms with E-state index in [-0.39, 0.29) is 11.7 Å². The van der Waals surface area contributed by atoms with Crippen LogP contribution in [0.15, 0.2) is 0 Å². The molecule has 1 atom stereocenters. The van der Waals surface area contributed by atoms with Crippen LogP contribution >= 0.6 is 12.6 Å². The first kappa shape index (κ1) is 32.3. The Morgan fingerprint density at radius 2 is 0.909 bits per heavy atom. The van der Waals surface area contributed by atoms with Crippen molar-refractivity contribution in [3.63, 3.8) is 0 Å². The molecule has 0 fully saturated rings. The van der Waals surface area contributed by atoms with Gasteiger partial charge in [-0.15, -0.1) is 0 Å². The van der Waals surface area contributed by atoms with Crippen LogP contribution in [0.5, 0.6) is 0 Å². The molecule has 0 heterocycles. The van der Waals surface area contributed by atoms with Crippen LogP contribution in [0.4, 0.5) is 0 Å². The molecule has 1 amide bonds. The molecule has 0 aromatic heterocycles. The minimum atomic E-state index is -1.02. The van der Waals surface area contributed by atoms with Gasteiger partial charge in [-0.3, -0.25) is 4.79 Å². The Bertz CT molecular complexity index is 445. The van der Waals surface area contributed by atoms with Crippen molar-refractivity contribution in [2.75, 3.05) is 5.75 Å². The maximum absolute atomic E-state index is 11.7. The van der Waals surface area contributed by atoms with Crippen LogP contribution < -0.4 is 5.32 Å². The normalized spacial score (nSPS) is 12.1. The molecule has 0 unspecified atom stereocenters. The van der Waals surface area contributed by atoms with E-state index in [4.69, 9.17) is 5.11 Å². The molecule has 0 saturated heterocycles. The topological polar surface area (TPSA) is 66.4 Å². The fraction of sp³-hybridized carbons (Fsp3) is 0.929. The molecule has 0 radical (unpaired) electrons. The van der Waals surface area contributed by atoms with Crippen LogP contribution in [0, 0.1) is 0 Å². The second-order valence-corrected chi connectivity index (χ2v) is 10.2. The molecular formula is C28H55NO3S. The van der Waals surface area contributed by atoms with Crippen molar-refractivity contribution in [2.24, 2.45) is 0 Å². The van der Waals surface area contributed by atoms with E-state index in [1.165, 1.54) is 128 Å². The number of hydrogen-bond donors (Lipinski definition) is 3. The summed E-state index contributed by atoms with van der Waals surface area (Å²) in [7, 11) is 0. The Kier molecular flexibility index (Phi) is 25.3. The van der Waals surface area contributed by atoms with Gasteiger partial charge < -0.3 is 10.4 Å². The van der Waals surface area contributed by atoms with E-state index >= 15 is 0 Å². The number of nitrogens with one attached hydrogen (secondary N) is 1. The zero-order valence-corrected chi connectivity index (χ0v) is 22.7. The van der Waals surface area contributed by atoms with Gasteiger partial charge in [0.1, 0.15) is 6.04 Å². The molecule has 4 nitrogen and oxygen atoms in total. The lowest BCUT2D eigenvalue weighted by Crippen LogP contribution is -2.42. The standard InChI is InChI=1S/C28H55NO3S/c1-2-3-4-5-6-7-8-9-10-11-12-13-14-15-16-17-18-19-20-21-22-23-24-27(30)29-26(25-33)28(31)32/h26,33H,2-25H2,1H3,(H,29,30)(H,31,32)/t26-/m0/s1. The van der Waals surface area contributed by atoms with Crippen molar-refractivity contribution in [2.45, 2.75) is 161 Å². The van der Waals surface area contributed by atoms with Crippen LogP contribution in [-0.2, 0) is 9.59 Å². The Hall–Kier alpha value is -0.710. The molecule has 0 aromatic rings. The lowest BCUT2D eigenvalue weighted by Gasteiger charge is -2.11. The largest absolute Gasteiger partial charge is 0.480 e. The highest BCUT2D eigenvalue weighted by Crippen LogP contribution is 2.15. The van der Waals surface area contributed by atoms with Crippen LogP contribution in [0.1, 0.15) is 155 Å². The number of carboxylic acid groups (broad SMARTS) is 1. The Morgan fingerprint density at radius 3 is 1.18 bits per heavy atom. The summed E-state index contributed by atoms with van der Waals surface area (Å²) in [4.78, 5) is 22.6. The van der Waals surface area contributed by atoms with E-state index in [0.29, 0.717) is 6.42 Å². The predicted octanol–water partition coefficient (Wildman–Crippen LogP) is 8.48. The van der Waals surface area contributed by atoms with Gasteiger partial charge in [0.05, 0.1) is 0 Å². The number of hydrogen-bond acceptors (Lipinski definition) is 3. The second kappa shape index (κ2) is 25.9. The minimum Gasteiger partial charge on any atom is -0.480 e. The molecule has 0 aliphatic rings. The molecule has 0 aromatic carbocycles. The van der Waals surface area contributed by atoms with Crippen molar-refractivity contribution in [3.05, 3.63) is 0 Å². The smallest absolute Gasteiger partial charge is 0.327 e. The van der Waals surface area contributed by atoms with Crippen molar-refractivity contribution in [1.82, 2.24) is 5.32 Å². The third-order valence-corrected chi connectivity index (χ3v) is 6.94. The summed E-state index contributed by atoms with van der Waals surface area (Å²) in [6.07, 6.45) is 30.1. The van der Waals surface area contributed by atoms with E-state index < -0.39 is 12.0 Å². The summed E-state index contributed by atoms with van der Waals surface area (Å²) >= 11 is 3.95. The monoisotopic (exact) mass is 485 g/mol. The van der Waals surface area contributed by atoms with Crippen molar-refractivity contribution >= 4 is 24.5 Å². The summed E-state index contributed by atoms with van der Waals surface area (Å²) in [5.41, 5.74) is 0. The highest BCUT2D eigenvalue weighted by molar-refractivity contribution is 7.80. The molecule has 0 rings (SSSR count). The van der Waals surface area contributed by atoms with Gasteiger partial charge in [-0.25, -0.2) is 4.79 Å². The van der Waals surface area contributed by atoms with Crippen LogP contribution in [0.25, 0.3) is 0 Å². The molecule has 0 aliphatic heterocycles. The van der Waals surface area contributed by atoms with E-state index in [1.54, 1.807) is 0 Å². The van der Waals surface area contributed by atoms with Crippen molar-refractivity contribution in [3.8, 4) is 0 Å². The van der Waals surface area contributed by atoms with E-state index in [2.05, 4.69) is 24.9 Å². The van der Waals surface area contributed by atoms with Gasteiger partial charge >= 0.3 is 5.97 Å². The van der Waals surface area contributed by atoms with E-state index in [0.717, 1.165) is 12.8 Å². The van der Waals surface area contributed by atoms with Gasteiger partial charge in [-0.2, -0.15) is 12.6 Å². The average molecular weight is 486 g/mol. The molecule has 0 saturated carbocycles. The highest BCUT2D eigenvalue weighted by Gasteiger charge is 2.17. The van der Waals surface area contributed by atoms with E-state index in [1.807, 2.05) is 0 Å². The summed E-state index contributed by atoms with van der Waals surface area (Å²) in [6, 6.07) is -0.874. The fourth-order valence-electron chi connectivity index (χ4n) is 4.35. The average Bonchev–Trinajstić information content (AvgIpc) is 2.80. The van der Waals surface area contributed by atoms with Crippen molar-refractivity contribution < 1.29 is 14.7 Å². The van der Waals surface area contributed by atoms with Gasteiger partial charge in [0.2, 0.25) is 5.91 Å². The first-order valence-corrected chi connectivity index (χ1v) is 14.9. The Labute approximate surface area is 210 Å². The third-order valence-electron chi connectivity index (χ3n) is 6.57. The SMILES string of the molecule is CCCCCCCCCCCCCCCCCCCCCCCCC(=O)N[C@@H](CS)C(=O)O. The van der Waals surface area contributed by atoms with Gasteiger partial charge in [0.25, 0.3) is 0 Å². The first-order chi connectivity index (χ1) is 16.1. The number of thiol groups is 1. The van der Waals surface area contributed by atoms with Crippen LogP contribution in [-0.4, -0.2) is 28.8 Å². The number of unbranched alkanes of at least 4 members (excludes halogenated alkanes) is 21. The summed E-state index contributed by atoms with van der Waals surface area (Å²) < 4.78 is 0.